The lowest BCUT2D eigenvalue weighted by Gasteiger charge is -2.04. The molecule has 3 nitrogen and oxygen atoms in total. The Labute approximate surface area is 81.6 Å². The van der Waals surface area contributed by atoms with E-state index in [9.17, 15) is 0 Å². The summed E-state index contributed by atoms with van der Waals surface area (Å²) in [6.45, 7) is 1.88. The van der Waals surface area contributed by atoms with Crippen LogP contribution in [-0.2, 0) is 0 Å². The molecule has 0 heterocycles. The highest BCUT2D eigenvalue weighted by atomic mass is 35.5. The Bertz CT molecular complexity index is 366. The molecule has 0 bridgehead atoms. The molecule has 0 aliphatic rings. The molecule has 13 heavy (non-hydrogen) atoms. The van der Waals surface area contributed by atoms with Crippen molar-refractivity contribution >= 4 is 23.5 Å². The topological polar surface area (TPSA) is 48.2 Å². The van der Waals surface area contributed by atoms with Crippen molar-refractivity contribution in [1.29, 1.82) is 5.26 Å². The summed E-state index contributed by atoms with van der Waals surface area (Å²) in [5, 5.41) is 12.5. The molecule has 0 saturated heterocycles. The smallest absolute Gasteiger partial charge is 0.124 e. The lowest BCUT2D eigenvalue weighted by atomic mass is 10.2. The first-order valence-corrected chi connectivity index (χ1v) is 4.06. The molecule has 0 unspecified atom stereocenters. The van der Waals surface area contributed by atoms with Crippen LogP contribution in [0.25, 0.3) is 0 Å². The van der Waals surface area contributed by atoms with Gasteiger partial charge < -0.3 is 0 Å². The molecule has 0 aliphatic heterocycles. The molecule has 0 aromatic heterocycles. The van der Waals surface area contributed by atoms with Crippen molar-refractivity contribution in [2.24, 2.45) is 5.10 Å². The molecule has 0 fully saturated rings. The van der Waals surface area contributed by atoms with Gasteiger partial charge in [-0.25, -0.2) is 0 Å². The highest BCUT2D eigenvalue weighted by Gasteiger charge is 1.99. The number of nitrogens with one attached hydrogen (secondary N) is 1. The zero-order valence-electron chi connectivity index (χ0n) is 7.08. The van der Waals surface area contributed by atoms with E-state index in [1.807, 2.05) is 19.1 Å². The number of hydrogen-bond acceptors (Lipinski definition) is 3. The van der Waals surface area contributed by atoms with Crippen molar-refractivity contribution in [3.63, 3.8) is 0 Å². The molecule has 1 aromatic rings. The standard InChI is InChI=1S/C9H8ClN3/c1-7-8(10)3-2-4-9(7)13-12-6-5-11/h2-4,6,13H,1H3/b12-6+. The van der Waals surface area contributed by atoms with Crippen LogP contribution < -0.4 is 5.43 Å². The minimum absolute atomic E-state index is 0.678. The molecule has 1 aromatic carbocycles. The Morgan fingerprint density at radius 1 is 1.62 bits per heavy atom. The second-order valence-corrected chi connectivity index (χ2v) is 2.82. The third-order valence-electron chi connectivity index (χ3n) is 1.57. The van der Waals surface area contributed by atoms with Gasteiger partial charge in [-0.15, -0.1) is 0 Å². The fraction of sp³-hybridized carbons (Fsp3) is 0.111. The molecular weight excluding hydrogens is 186 g/mol. The number of anilines is 1. The van der Waals surface area contributed by atoms with Crippen molar-refractivity contribution in [1.82, 2.24) is 0 Å². The number of hydrazone groups is 1. The molecule has 0 aliphatic carbocycles. The maximum Gasteiger partial charge on any atom is 0.124 e. The molecule has 4 heteroatoms. The first-order chi connectivity index (χ1) is 6.25. The zero-order chi connectivity index (χ0) is 9.68. The predicted molar refractivity (Wildman–Crippen MR) is 53.9 cm³/mol. The third-order valence-corrected chi connectivity index (χ3v) is 1.98. The Morgan fingerprint density at radius 2 is 2.38 bits per heavy atom. The SMILES string of the molecule is Cc1c(Cl)cccc1N/N=C/C#N. The van der Waals surface area contributed by atoms with Crippen molar-refractivity contribution in [2.45, 2.75) is 6.92 Å². The molecule has 66 valence electrons. The van der Waals surface area contributed by atoms with Crippen LogP contribution >= 0.6 is 11.6 Å². The van der Waals surface area contributed by atoms with E-state index in [4.69, 9.17) is 16.9 Å². The van der Waals surface area contributed by atoms with E-state index >= 15 is 0 Å². The Balaban J connectivity index is 2.84. The molecule has 1 N–H and O–H groups in total. The van der Waals surface area contributed by atoms with Gasteiger partial charge in [-0.05, 0) is 24.6 Å². The minimum Gasteiger partial charge on any atom is -0.278 e. The summed E-state index contributed by atoms with van der Waals surface area (Å²) in [5.74, 6) is 0. The molecule has 0 atom stereocenters. The summed E-state index contributed by atoms with van der Waals surface area (Å²) in [4.78, 5) is 0. The average molecular weight is 194 g/mol. The Morgan fingerprint density at radius 3 is 3.08 bits per heavy atom. The molecule has 0 radical (unpaired) electrons. The normalized spacial score (nSPS) is 9.92. The van der Waals surface area contributed by atoms with Crippen LogP contribution in [-0.4, -0.2) is 6.21 Å². The summed E-state index contributed by atoms with van der Waals surface area (Å²) < 4.78 is 0. The number of nitrogens with zero attached hydrogens (tertiary/aromatic N) is 2. The number of hydrogen-bond donors (Lipinski definition) is 1. The van der Waals surface area contributed by atoms with Crippen LogP contribution in [0.5, 0.6) is 0 Å². The highest BCUT2D eigenvalue weighted by Crippen LogP contribution is 2.22. The van der Waals surface area contributed by atoms with Crippen molar-refractivity contribution in [3.8, 4) is 6.07 Å². The summed E-state index contributed by atoms with van der Waals surface area (Å²) in [6, 6.07) is 7.25. The first-order valence-electron chi connectivity index (χ1n) is 3.68. The summed E-state index contributed by atoms with van der Waals surface area (Å²) in [7, 11) is 0. The van der Waals surface area contributed by atoms with Gasteiger partial charge in [0.05, 0.1) is 5.69 Å². The summed E-state index contributed by atoms with van der Waals surface area (Å²) in [5.41, 5.74) is 4.44. The van der Waals surface area contributed by atoms with Gasteiger partial charge in [0.1, 0.15) is 12.3 Å². The van der Waals surface area contributed by atoms with Crippen molar-refractivity contribution < 1.29 is 0 Å². The van der Waals surface area contributed by atoms with Crippen LogP contribution in [0.3, 0.4) is 0 Å². The molecule has 0 spiro atoms. The lowest BCUT2D eigenvalue weighted by molar-refractivity contribution is 1.31. The monoisotopic (exact) mass is 193 g/mol. The fourth-order valence-corrected chi connectivity index (χ4v) is 1.03. The average Bonchev–Trinajstić information content (AvgIpc) is 2.13. The number of benzene rings is 1. The highest BCUT2D eigenvalue weighted by molar-refractivity contribution is 6.31. The van der Waals surface area contributed by atoms with E-state index in [1.165, 1.54) is 0 Å². The molecular formula is C9H8ClN3. The van der Waals surface area contributed by atoms with E-state index in [-0.39, 0.29) is 0 Å². The van der Waals surface area contributed by atoms with Crippen molar-refractivity contribution in [2.75, 3.05) is 5.43 Å². The van der Waals surface area contributed by atoms with E-state index in [2.05, 4.69) is 10.5 Å². The van der Waals surface area contributed by atoms with Gasteiger partial charge in [-0.3, -0.25) is 5.43 Å². The fourth-order valence-electron chi connectivity index (χ4n) is 0.859. The largest absolute Gasteiger partial charge is 0.278 e. The summed E-state index contributed by atoms with van der Waals surface area (Å²) >= 11 is 5.87. The second kappa shape index (κ2) is 4.48. The van der Waals surface area contributed by atoms with E-state index in [0.717, 1.165) is 17.5 Å². The number of nitriles is 1. The van der Waals surface area contributed by atoms with Gasteiger partial charge in [0.25, 0.3) is 0 Å². The van der Waals surface area contributed by atoms with Gasteiger partial charge in [0, 0.05) is 5.02 Å². The molecule has 0 amide bonds. The Hall–Kier alpha value is -1.53. The molecule has 1 rings (SSSR count). The maximum absolute atomic E-state index is 8.20. The maximum atomic E-state index is 8.20. The van der Waals surface area contributed by atoms with E-state index in [0.29, 0.717) is 5.02 Å². The van der Waals surface area contributed by atoms with Crippen LogP contribution in [0.4, 0.5) is 5.69 Å². The number of rotatable bonds is 2. The zero-order valence-corrected chi connectivity index (χ0v) is 7.84. The van der Waals surface area contributed by atoms with Crippen LogP contribution in [0.15, 0.2) is 23.3 Å². The Kier molecular flexibility index (Phi) is 3.30. The lowest BCUT2D eigenvalue weighted by Crippen LogP contribution is -1.91. The van der Waals surface area contributed by atoms with Gasteiger partial charge in [0.2, 0.25) is 0 Å². The minimum atomic E-state index is 0.678. The van der Waals surface area contributed by atoms with E-state index < -0.39 is 0 Å². The quantitative estimate of drug-likeness (QED) is 0.580. The molecule has 0 saturated carbocycles. The third kappa shape index (κ3) is 2.46. The van der Waals surface area contributed by atoms with E-state index in [1.54, 1.807) is 12.1 Å². The van der Waals surface area contributed by atoms with Gasteiger partial charge in [-0.2, -0.15) is 10.4 Å². The predicted octanol–water partition coefficient (Wildman–Crippen LogP) is 2.57. The van der Waals surface area contributed by atoms with Crippen LogP contribution in [0.1, 0.15) is 5.56 Å². The van der Waals surface area contributed by atoms with Crippen molar-refractivity contribution in [3.05, 3.63) is 28.8 Å². The summed E-state index contributed by atoms with van der Waals surface area (Å²) in [6.07, 6.45) is 1.13. The second-order valence-electron chi connectivity index (χ2n) is 2.41. The van der Waals surface area contributed by atoms with Crippen LogP contribution in [0, 0.1) is 18.3 Å². The van der Waals surface area contributed by atoms with Gasteiger partial charge >= 0.3 is 0 Å². The van der Waals surface area contributed by atoms with Gasteiger partial charge in [0.15, 0.2) is 0 Å². The number of halogens is 1. The first kappa shape index (κ1) is 9.56. The van der Waals surface area contributed by atoms with Crippen LogP contribution in [0.2, 0.25) is 5.02 Å². The van der Waals surface area contributed by atoms with Gasteiger partial charge in [-0.1, -0.05) is 17.7 Å².